The summed E-state index contributed by atoms with van der Waals surface area (Å²) in [6.45, 7) is 0.845. The van der Waals surface area contributed by atoms with Crippen LogP contribution in [0.4, 0.5) is 0 Å². The first-order valence-electron chi connectivity index (χ1n) is 6.66. The Morgan fingerprint density at radius 3 is 2.67 bits per heavy atom. The summed E-state index contributed by atoms with van der Waals surface area (Å²) >= 11 is 0. The topological polar surface area (TPSA) is 74.7 Å². The zero-order valence-electron chi connectivity index (χ0n) is 10.5. The lowest BCUT2D eigenvalue weighted by Gasteiger charge is -2.42. The third kappa shape index (κ3) is 3.45. The molecule has 104 valence electrons. The second-order valence-corrected chi connectivity index (χ2v) is 7.62. The molecule has 0 aromatic heterocycles. The van der Waals surface area contributed by atoms with Gasteiger partial charge in [0.25, 0.3) is 0 Å². The van der Waals surface area contributed by atoms with E-state index in [4.69, 9.17) is 5.11 Å². The molecule has 18 heavy (non-hydrogen) atoms. The second-order valence-electron chi connectivity index (χ2n) is 5.40. The Kier molecular flexibility index (Phi) is 4.27. The molecule has 6 heteroatoms. The summed E-state index contributed by atoms with van der Waals surface area (Å²) in [4.78, 5) is 13.0. The molecular formula is C12H21NO4S. The zero-order chi connectivity index (χ0) is 13.2. The van der Waals surface area contributed by atoms with Crippen LogP contribution < -0.4 is 0 Å². The predicted octanol–water partition coefficient (Wildman–Crippen LogP) is 0.893. The Morgan fingerprint density at radius 1 is 1.22 bits per heavy atom. The molecule has 2 heterocycles. The minimum Gasteiger partial charge on any atom is -0.481 e. The SMILES string of the molecule is O=C(O)CC1CCCCN1C1CCCS(=O)(=O)C1. The van der Waals surface area contributed by atoms with Gasteiger partial charge in [-0.15, -0.1) is 0 Å². The molecule has 5 nitrogen and oxygen atoms in total. The number of hydrogen-bond acceptors (Lipinski definition) is 4. The van der Waals surface area contributed by atoms with Gasteiger partial charge in [-0.3, -0.25) is 9.69 Å². The summed E-state index contributed by atoms with van der Waals surface area (Å²) in [5, 5.41) is 8.94. The second kappa shape index (κ2) is 5.57. The van der Waals surface area contributed by atoms with E-state index < -0.39 is 15.8 Å². The molecule has 0 radical (unpaired) electrons. The number of carboxylic acids is 1. The van der Waals surface area contributed by atoms with E-state index in [0.717, 1.165) is 32.2 Å². The molecule has 0 spiro atoms. The van der Waals surface area contributed by atoms with Gasteiger partial charge in [-0.2, -0.15) is 0 Å². The summed E-state index contributed by atoms with van der Waals surface area (Å²) in [7, 11) is -2.92. The normalized spacial score (nSPS) is 33.1. The van der Waals surface area contributed by atoms with E-state index in [1.807, 2.05) is 0 Å². The standard InChI is InChI=1S/C12H21NO4S/c14-12(15)8-10-4-1-2-6-13(10)11-5-3-7-18(16,17)9-11/h10-11H,1-9H2,(H,14,15). The minimum atomic E-state index is -2.92. The number of nitrogens with zero attached hydrogens (tertiary/aromatic N) is 1. The zero-order valence-corrected chi connectivity index (χ0v) is 11.4. The monoisotopic (exact) mass is 275 g/mol. The van der Waals surface area contributed by atoms with Crippen molar-refractivity contribution in [3.05, 3.63) is 0 Å². The lowest BCUT2D eigenvalue weighted by atomic mass is 9.96. The lowest BCUT2D eigenvalue weighted by molar-refractivity contribution is -0.139. The first-order valence-corrected chi connectivity index (χ1v) is 8.48. The van der Waals surface area contributed by atoms with Gasteiger partial charge in [-0.05, 0) is 32.2 Å². The average Bonchev–Trinajstić information content (AvgIpc) is 2.27. The highest BCUT2D eigenvalue weighted by molar-refractivity contribution is 7.91. The summed E-state index contributed by atoms with van der Waals surface area (Å²) in [5.74, 6) is -0.282. The van der Waals surface area contributed by atoms with Crippen molar-refractivity contribution in [1.29, 1.82) is 0 Å². The van der Waals surface area contributed by atoms with E-state index in [9.17, 15) is 13.2 Å². The van der Waals surface area contributed by atoms with Crippen LogP contribution in [0.25, 0.3) is 0 Å². The van der Waals surface area contributed by atoms with Crippen molar-refractivity contribution in [1.82, 2.24) is 4.90 Å². The van der Waals surface area contributed by atoms with Crippen molar-refractivity contribution in [3.63, 3.8) is 0 Å². The highest BCUT2D eigenvalue weighted by atomic mass is 32.2. The van der Waals surface area contributed by atoms with Crippen LogP contribution in [0.2, 0.25) is 0 Å². The summed E-state index contributed by atoms with van der Waals surface area (Å²) < 4.78 is 23.4. The fraction of sp³-hybridized carbons (Fsp3) is 0.917. The third-order valence-corrected chi connectivity index (χ3v) is 5.79. The molecule has 2 saturated heterocycles. The Bertz CT molecular complexity index is 406. The van der Waals surface area contributed by atoms with Gasteiger partial charge >= 0.3 is 5.97 Å². The molecular weight excluding hydrogens is 254 g/mol. The Labute approximate surface area is 108 Å². The molecule has 2 fully saturated rings. The number of carboxylic acid groups (broad SMARTS) is 1. The maximum atomic E-state index is 11.7. The van der Waals surface area contributed by atoms with Gasteiger partial charge in [0, 0.05) is 12.1 Å². The van der Waals surface area contributed by atoms with Crippen LogP contribution in [0.1, 0.15) is 38.5 Å². The maximum Gasteiger partial charge on any atom is 0.304 e. The van der Waals surface area contributed by atoms with E-state index in [1.54, 1.807) is 0 Å². The van der Waals surface area contributed by atoms with Crippen molar-refractivity contribution >= 4 is 15.8 Å². The number of rotatable bonds is 3. The first kappa shape index (κ1) is 13.8. The number of piperidine rings is 1. The fourth-order valence-electron chi connectivity index (χ4n) is 3.18. The minimum absolute atomic E-state index is 0.0227. The molecule has 0 saturated carbocycles. The largest absolute Gasteiger partial charge is 0.481 e. The Hall–Kier alpha value is -0.620. The molecule has 0 amide bonds. The van der Waals surface area contributed by atoms with Gasteiger partial charge in [-0.25, -0.2) is 8.42 Å². The first-order chi connectivity index (χ1) is 8.48. The fourth-order valence-corrected chi connectivity index (χ4v) is 4.90. The molecule has 0 bridgehead atoms. The number of likely N-dealkylation sites (tertiary alicyclic amines) is 1. The summed E-state index contributed by atoms with van der Waals surface area (Å²) in [5.41, 5.74) is 0. The summed E-state index contributed by atoms with van der Waals surface area (Å²) in [6, 6.07) is 0.0583. The van der Waals surface area contributed by atoms with E-state index in [2.05, 4.69) is 4.90 Å². The van der Waals surface area contributed by atoms with Crippen molar-refractivity contribution < 1.29 is 18.3 Å². The molecule has 2 aliphatic rings. The number of sulfone groups is 1. The van der Waals surface area contributed by atoms with Gasteiger partial charge in [0.15, 0.2) is 9.84 Å². The van der Waals surface area contributed by atoms with Gasteiger partial charge in [-0.1, -0.05) is 6.42 Å². The van der Waals surface area contributed by atoms with E-state index >= 15 is 0 Å². The van der Waals surface area contributed by atoms with Crippen LogP contribution in [0, 0.1) is 0 Å². The van der Waals surface area contributed by atoms with Crippen LogP contribution >= 0.6 is 0 Å². The molecule has 1 N–H and O–H groups in total. The van der Waals surface area contributed by atoms with Gasteiger partial charge in [0.05, 0.1) is 17.9 Å². The molecule has 0 aromatic carbocycles. The highest BCUT2D eigenvalue weighted by Crippen LogP contribution is 2.27. The quantitative estimate of drug-likeness (QED) is 0.828. The third-order valence-electron chi connectivity index (χ3n) is 3.99. The average molecular weight is 275 g/mol. The smallest absolute Gasteiger partial charge is 0.304 e. The molecule has 0 aliphatic carbocycles. The van der Waals surface area contributed by atoms with Crippen molar-refractivity contribution in [3.8, 4) is 0 Å². The Morgan fingerprint density at radius 2 is 2.00 bits per heavy atom. The van der Waals surface area contributed by atoms with Gasteiger partial charge in [0.2, 0.25) is 0 Å². The molecule has 2 rings (SSSR count). The van der Waals surface area contributed by atoms with Crippen LogP contribution in [0.5, 0.6) is 0 Å². The van der Waals surface area contributed by atoms with E-state index in [-0.39, 0.29) is 24.3 Å². The van der Waals surface area contributed by atoms with Gasteiger partial charge in [0.1, 0.15) is 0 Å². The van der Waals surface area contributed by atoms with Crippen LogP contribution in [-0.4, -0.2) is 54.5 Å². The maximum absolute atomic E-state index is 11.7. The van der Waals surface area contributed by atoms with Crippen LogP contribution in [-0.2, 0) is 14.6 Å². The molecule has 2 unspecified atom stereocenters. The lowest BCUT2D eigenvalue weighted by Crippen LogP contribution is -2.51. The summed E-state index contributed by atoms with van der Waals surface area (Å²) in [6.07, 6.45) is 4.71. The van der Waals surface area contributed by atoms with Crippen molar-refractivity contribution in [2.24, 2.45) is 0 Å². The number of carbonyl (C=O) groups is 1. The Balaban J connectivity index is 2.06. The van der Waals surface area contributed by atoms with Crippen molar-refractivity contribution in [2.45, 2.75) is 50.6 Å². The van der Waals surface area contributed by atoms with E-state index in [1.165, 1.54) is 0 Å². The molecule has 2 aliphatic heterocycles. The number of aliphatic carboxylic acids is 1. The molecule has 2 atom stereocenters. The van der Waals surface area contributed by atoms with Crippen molar-refractivity contribution in [2.75, 3.05) is 18.1 Å². The van der Waals surface area contributed by atoms with Crippen LogP contribution in [0.15, 0.2) is 0 Å². The predicted molar refractivity (Wildman–Crippen MR) is 68.3 cm³/mol. The van der Waals surface area contributed by atoms with Crippen LogP contribution in [0.3, 0.4) is 0 Å². The molecule has 0 aromatic rings. The van der Waals surface area contributed by atoms with E-state index in [0.29, 0.717) is 12.2 Å². The highest BCUT2D eigenvalue weighted by Gasteiger charge is 2.34. The number of hydrogen-bond donors (Lipinski definition) is 1. The van der Waals surface area contributed by atoms with Gasteiger partial charge < -0.3 is 5.11 Å².